The Balaban J connectivity index is 1.54. The van der Waals surface area contributed by atoms with Crippen molar-refractivity contribution in [1.29, 1.82) is 0 Å². The molecule has 2 amide bonds. The highest BCUT2D eigenvalue weighted by atomic mass is 19.1. The van der Waals surface area contributed by atoms with E-state index in [4.69, 9.17) is 9.47 Å². The van der Waals surface area contributed by atoms with Crippen molar-refractivity contribution in [1.82, 2.24) is 20.2 Å². The van der Waals surface area contributed by atoms with Crippen molar-refractivity contribution in [3.8, 4) is 22.8 Å². The first kappa shape index (κ1) is 23.5. The lowest BCUT2D eigenvalue weighted by Crippen LogP contribution is -2.38. The zero-order valence-electron chi connectivity index (χ0n) is 19.6. The molecule has 1 atom stereocenters. The van der Waals surface area contributed by atoms with Gasteiger partial charge in [0, 0.05) is 37.0 Å². The molecular weight excluding hydrogens is 469 g/mol. The number of benzene rings is 1. The predicted molar refractivity (Wildman–Crippen MR) is 130 cm³/mol. The zero-order valence-corrected chi connectivity index (χ0v) is 19.6. The van der Waals surface area contributed by atoms with E-state index in [1.165, 1.54) is 18.1 Å². The molecule has 2 aromatic heterocycles. The second-order valence-electron chi connectivity index (χ2n) is 8.63. The van der Waals surface area contributed by atoms with Crippen molar-refractivity contribution in [2.45, 2.75) is 25.3 Å². The van der Waals surface area contributed by atoms with Crippen LogP contribution in [0.2, 0.25) is 0 Å². The minimum atomic E-state index is -0.967. The molecule has 188 valence electrons. The van der Waals surface area contributed by atoms with E-state index in [1.54, 1.807) is 30.6 Å². The Hall–Kier alpha value is -4.28. The number of ether oxygens (including phenoxy) is 2. The summed E-state index contributed by atoms with van der Waals surface area (Å²) in [6.45, 7) is 1.14. The monoisotopic (exact) mass is 495 g/mol. The maximum atomic E-state index is 14.4. The number of carbonyl (C=O) groups excluding carboxylic acids is 1. The third-order valence-electron chi connectivity index (χ3n) is 6.50. The molecule has 0 saturated carbocycles. The van der Waals surface area contributed by atoms with Crippen LogP contribution in [0.15, 0.2) is 36.7 Å². The smallest absolute Gasteiger partial charge is 0.407 e. The third-order valence-corrected chi connectivity index (χ3v) is 6.50. The fourth-order valence-corrected chi connectivity index (χ4v) is 4.80. The normalized spacial score (nSPS) is 16.9. The molecule has 0 aliphatic carbocycles. The van der Waals surface area contributed by atoms with E-state index in [0.717, 1.165) is 12.1 Å². The largest absolute Gasteiger partial charge is 0.492 e. The van der Waals surface area contributed by atoms with Crippen LogP contribution in [0.5, 0.6) is 11.5 Å². The number of hydrogen-bond acceptors (Lipinski definition) is 6. The maximum absolute atomic E-state index is 14.4. The number of anilines is 2. The number of methoxy groups -OCH3 is 1. The van der Waals surface area contributed by atoms with Crippen LogP contribution in [0.3, 0.4) is 0 Å². The van der Waals surface area contributed by atoms with E-state index in [9.17, 15) is 19.1 Å². The fraction of sp³-hybridized carbons (Fsp3) is 0.320. The van der Waals surface area contributed by atoms with Gasteiger partial charge in [0.05, 0.1) is 42.0 Å². The summed E-state index contributed by atoms with van der Waals surface area (Å²) in [7, 11) is 1.38. The van der Waals surface area contributed by atoms with Crippen molar-refractivity contribution in [2.75, 3.05) is 32.1 Å². The van der Waals surface area contributed by atoms with E-state index >= 15 is 0 Å². The summed E-state index contributed by atoms with van der Waals surface area (Å²) < 4.78 is 25.7. The van der Waals surface area contributed by atoms with Crippen LogP contribution in [0.1, 0.15) is 28.9 Å². The number of para-hydroxylation sites is 1. The number of rotatable bonds is 7. The van der Waals surface area contributed by atoms with E-state index in [1.807, 2.05) is 0 Å². The standard InChI is InChI=1S/C25H26FN5O5/c1-35-23-16(26)5-2-6-18(23)30-22-20-17(8-10-28-24(20)32)29-21(22)15-7-9-27-12-19(15)36-13-14-4-3-11-31(14)25(33)34/h2,5-7,9,12,14,29-30H,3-4,8,10-11,13H2,1H3,(H,28,32)(H,33,34)/t14-/m0/s1. The highest BCUT2D eigenvalue weighted by Crippen LogP contribution is 2.42. The van der Waals surface area contributed by atoms with Crippen LogP contribution in [-0.2, 0) is 6.42 Å². The molecule has 11 heteroatoms. The molecule has 4 N–H and O–H groups in total. The number of likely N-dealkylation sites (tertiary alicyclic amines) is 1. The van der Waals surface area contributed by atoms with Gasteiger partial charge in [0.1, 0.15) is 12.4 Å². The van der Waals surface area contributed by atoms with E-state index < -0.39 is 11.9 Å². The number of carbonyl (C=O) groups is 2. The number of aromatic nitrogens is 2. The van der Waals surface area contributed by atoms with Crippen molar-refractivity contribution in [3.63, 3.8) is 0 Å². The van der Waals surface area contributed by atoms with Crippen molar-refractivity contribution >= 4 is 23.4 Å². The predicted octanol–water partition coefficient (Wildman–Crippen LogP) is 3.78. The molecule has 1 saturated heterocycles. The van der Waals surface area contributed by atoms with Gasteiger partial charge in [0.25, 0.3) is 5.91 Å². The summed E-state index contributed by atoms with van der Waals surface area (Å²) >= 11 is 0. The SMILES string of the molecule is COc1c(F)cccc1Nc1c(-c2ccncc2OC[C@@H]2CCCN2C(=O)O)[nH]c2c1C(=O)NCC2. The average Bonchev–Trinajstić information content (AvgIpc) is 3.49. The number of carboxylic acid groups (broad SMARTS) is 1. The van der Waals surface area contributed by atoms with Crippen molar-refractivity contribution in [2.24, 2.45) is 0 Å². The molecule has 1 fully saturated rings. The molecular formula is C25H26FN5O5. The summed E-state index contributed by atoms with van der Waals surface area (Å²) in [5.74, 6) is -0.333. The number of nitrogens with zero attached hydrogens (tertiary/aromatic N) is 2. The Labute approximate surface area is 206 Å². The van der Waals surface area contributed by atoms with Gasteiger partial charge in [-0.15, -0.1) is 0 Å². The molecule has 10 nitrogen and oxygen atoms in total. The Morgan fingerprint density at radius 1 is 1.36 bits per heavy atom. The summed E-state index contributed by atoms with van der Waals surface area (Å²) in [5, 5.41) is 15.5. The maximum Gasteiger partial charge on any atom is 0.407 e. The number of pyridine rings is 1. The van der Waals surface area contributed by atoms with Gasteiger partial charge >= 0.3 is 6.09 Å². The lowest BCUT2D eigenvalue weighted by Gasteiger charge is -2.22. The molecule has 3 aromatic rings. The average molecular weight is 496 g/mol. The third kappa shape index (κ3) is 4.28. The number of aromatic amines is 1. The number of halogens is 1. The highest BCUT2D eigenvalue weighted by molar-refractivity contribution is 6.06. The number of amides is 2. The molecule has 2 aliphatic heterocycles. The summed E-state index contributed by atoms with van der Waals surface area (Å²) in [6.07, 6.45) is 4.28. The molecule has 2 aliphatic rings. The quantitative estimate of drug-likeness (QED) is 0.393. The van der Waals surface area contributed by atoms with Crippen molar-refractivity contribution < 1.29 is 28.6 Å². The van der Waals surface area contributed by atoms with Crippen molar-refractivity contribution in [3.05, 3.63) is 53.7 Å². The van der Waals surface area contributed by atoms with Crippen LogP contribution >= 0.6 is 0 Å². The summed E-state index contributed by atoms with van der Waals surface area (Å²) in [6, 6.07) is 6.00. The van der Waals surface area contributed by atoms with Crippen LogP contribution in [0.4, 0.5) is 20.6 Å². The Kier molecular flexibility index (Phi) is 6.36. The van der Waals surface area contributed by atoms with Gasteiger partial charge in [-0.1, -0.05) is 6.07 Å². The van der Waals surface area contributed by atoms with Crippen LogP contribution < -0.4 is 20.1 Å². The number of fused-ring (bicyclic) bond motifs is 1. The lowest BCUT2D eigenvalue weighted by atomic mass is 10.0. The van der Waals surface area contributed by atoms with E-state index in [0.29, 0.717) is 59.9 Å². The topological polar surface area (TPSA) is 129 Å². The number of H-pyrrole nitrogens is 1. The molecule has 0 bridgehead atoms. The van der Waals surface area contributed by atoms with Gasteiger partial charge in [-0.05, 0) is 31.0 Å². The molecule has 1 aromatic carbocycles. The lowest BCUT2D eigenvalue weighted by molar-refractivity contribution is 0.0946. The minimum Gasteiger partial charge on any atom is -0.492 e. The van der Waals surface area contributed by atoms with Gasteiger partial charge < -0.3 is 35.1 Å². The van der Waals surface area contributed by atoms with Crippen LogP contribution in [0.25, 0.3) is 11.3 Å². The first-order valence-electron chi connectivity index (χ1n) is 11.7. The Bertz CT molecular complexity index is 1310. The number of hydrogen-bond donors (Lipinski definition) is 4. The Morgan fingerprint density at radius 2 is 2.22 bits per heavy atom. The minimum absolute atomic E-state index is 0.0239. The van der Waals surface area contributed by atoms with Crippen LogP contribution in [-0.4, -0.2) is 64.8 Å². The van der Waals surface area contributed by atoms with Gasteiger partial charge in [-0.2, -0.15) is 0 Å². The van der Waals surface area contributed by atoms with Gasteiger partial charge in [-0.3, -0.25) is 9.78 Å². The fourth-order valence-electron chi connectivity index (χ4n) is 4.80. The molecule has 0 radical (unpaired) electrons. The first-order chi connectivity index (χ1) is 17.5. The van der Waals surface area contributed by atoms with Crippen LogP contribution in [0, 0.1) is 5.82 Å². The molecule has 5 rings (SSSR count). The Morgan fingerprint density at radius 3 is 3.03 bits per heavy atom. The van der Waals surface area contributed by atoms with E-state index in [2.05, 4.69) is 20.6 Å². The summed E-state index contributed by atoms with van der Waals surface area (Å²) in [5.41, 5.74) is 3.18. The first-order valence-corrected chi connectivity index (χ1v) is 11.7. The summed E-state index contributed by atoms with van der Waals surface area (Å²) in [4.78, 5) is 33.3. The molecule has 0 spiro atoms. The van der Waals surface area contributed by atoms with Gasteiger partial charge in [0.15, 0.2) is 11.6 Å². The molecule has 4 heterocycles. The van der Waals surface area contributed by atoms with Gasteiger partial charge in [0.2, 0.25) is 0 Å². The van der Waals surface area contributed by atoms with E-state index in [-0.39, 0.29) is 24.3 Å². The second kappa shape index (κ2) is 9.76. The molecule has 0 unspecified atom stereocenters. The highest BCUT2D eigenvalue weighted by Gasteiger charge is 2.31. The second-order valence-corrected chi connectivity index (χ2v) is 8.63. The number of nitrogens with one attached hydrogen (secondary N) is 3. The zero-order chi connectivity index (χ0) is 25.2. The molecule has 36 heavy (non-hydrogen) atoms. The van der Waals surface area contributed by atoms with Gasteiger partial charge in [-0.25, -0.2) is 9.18 Å².